The van der Waals surface area contributed by atoms with Crippen molar-refractivity contribution < 1.29 is 0 Å². The summed E-state index contributed by atoms with van der Waals surface area (Å²) >= 11 is 2.13. The van der Waals surface area contributed by atoms with Gasteiger partial charge in [-0.1, -0.05) is 20.8 Å². The van der Waals surface area contributed by atoms with Crippen LogP contribution < -0.4 is 5.32 Å². The van der Waals surface area contributed by atoms with Crippen LogP contribution in [0.4, 0.5) is 0 Å². The minimum absolute atomic E-state index is 0.482. The van der Waals surface area contributed by atoms with E-state index in [1.165, 1.54) is 38.2 Å². The molecule has 0 spiro atoms. The third kappa shape index (κ3) is 3.18. The molecule has 2 nitrogen and oxygen atoms in total. The highest BCUT2D eigenvalue weighted by Crippen LogP contribution is 2.41. The van der Waals surface area contributed by atoms with Crippen molar-refractivity contribution in [2.75, 3.05) is 32.4 Å². The predicted octanol–water partition coefficient (Wildman–Crippen LogP) is 2.45. The first-order valence-corrected chi connectivity index (χ1v) is 8.09. The van der Waals surface area contributed by atoms with Crippen molar-refractivity contribution in [3.63, 3.8) is 0 Å². The Kier molecular flexibility index (Phi) is 4.43. The zero-order chi connectivity index (χ0) is 12.5. The molecular formula is C14H28N2S. The van der Waals surface area contributed by atoms with Crippen molar-refractivity contribution in [2.45, 2.75) is 44.9 Å². The number of thioether (sulfide) groups is 1. The maximum absolute atomic E-state index is 3.57. The van der Waals surface area contributed by atoms with Gasteiger partial charge in [-0.3, -0.25) is 0 Å². The van der Waals surface area contributed by atoms with E-state index in [-0.39, 0.29) is 0 Å². The number of nitrogens with zero attached hydrogens (tertiary/aromatic N) is 1. The van der Waals surface area contributed by atoms with Gasteiger partial charge in [0.05, 0.1) is 0 Å². The molecule has 3 atom stereocenters. The van der Waals surface area contributed by atoms with Crippen LogP contribution in [0.3, 0.4) is 0 Å². The number of hydrogen-bond donors (Lipinski definition) is 1. The summed E-state index contributed by atoms with van der Waals surface area (Å²) in [4.78, 5) is 2.69. The molecule has 3 heteroatoms. The van der Waals surface area contributed by atoms with Crippen molar-refractivity contribution in [1.29, 1.82) is 0 Å². The van der Waals surface area contributed by atoms with E-state index in [1.807, 2.05) is 0 Å². The van der Waals surface area contributed by atoms with Crippen molar-refractivity contribution >= 4 is 11.8 Å². The molecule has 1 heterocycles. The second kappa shape index (κ2) is 5.50. The molecule has 0 radical (unpaired) electrons. The summed E-state index contributed by atoms with van der Waals surface area (Å²) < 4.78 is 0. The lowest BCUT2D eigenvalue weighted by atomic mass is 9.85. The van der Waals surface area contributed by atoms with Crippen molar-refractivity contribution in [1.82, 2.24) is 10.2 Å². The molecule has 0 aromatic rings. The molecule has 0 amide bonds. The lowest BCUT2D eigenvalue weighted by Crippen LogP contribution is -2.46. The highest BCUT2D eigenvalue weighted by molar-refractivity contribution is 7.99. The van der Waals surface area contributed by atoms with Crippen molar-refractivity contribution in [2.24, 2.45) is 11.3 Å². The van der Waals surface area contributed by atoms with Crippen LogP contribution in [0.25, 0.3) is 0 Å². The lowest BCUT2D eigenvalue weighted by Gasteiger charge is -2.36. The molecule has 0 bridgehead atoms. The van der Waals surface area contributed by atoms with E-state index < -0.39 is 0 Å². The first-order chi connectivity index (χ1) is 8.03. The average molecular weight is 256 g/mol. The number of rotatable bonds is 3. The Labute approximate surface area is 111 Å². The monoisotopic (exact) mass is 256 g/mol. The van der Waals surface area contributed by atoms with Gasteiger partial charge in [-0.05, 0) is 31.2 Å². The highest BCUT2D eigenvalue weighted by atomic mass is 32.2. The Morgan fingerprint density at radius 2 is 2.18 bits per heavy atom. The number of nitrogens with one attached hydrogen (secondary N) is 1. The second-order valence-electron chi connectivity index (χ2n) is 6.49. The van der Waals surface area contributed by atoms with Gasteiger partial charge in [-0.15, -0.1) is 0 Å². The highest BCUT2D eigenvalue weighted by Gasteiger charge is 2.41. The van der Waals surface area contributed by atoms with Gasteiger partial charge in [-0.2, -0.15) is 11.8 Å². The van der Waals surface area contributed by atoms with Crippen LogP contribution in [-0.2, 0) is 0 Å². The molecule has 1 aliphatic carbocycles. The molecule has 1 aliphatic heterocycles. The Balaban J connectivity index is 1.90. The largest absolute Gasteiger partial charge is 0.316 e. The van der Waals surface area contributed by atoms with Gasteiger partial charge in [0.1, 0.15) is 0 Å². The van der Waals surface area contributed by atoms with Gasteiger partial charge in [0.25, 0.3) is 0 Å². The van der Waals surface area contributed by atoms with Gasteiger partial charge >= 0.3 is 0 Å². The van der Waals surface area contributed by atoms with Gasteiger partial charge in [-0.25, -0.2) is 0 Å². The zero-order valence-electron chi connectivity index (χ0n) is 11.8. The summed E-state index contributed by atoms with van der Waals surface area (Å²) in [7, 11) is 2.14. The summed E-state index contributed by atoms with van der Waals surface area (Å²) in [5.74, 6) is 2.17. The normalized spacial score (nSPS) is 38.5. The smallest absolute Gasteiger partial charge is 0.0156 e. The minimum atomic E-state index is 0.482. The molecule has 2 fully saturated rings. The van der Waals surface area contributed by atoms with E-state index in [4.69, 9.17) is 0 Å². The van der Waals surface area contributed by atoms with Gasteiger partial charge < -0.3 is 10.2 Å². The van der Waals surface area contributed by atoms with E-state index in [1.54, 1.807) is 0 Å². The molecule has 0 aromatic carbocycles. The van der Waals surface area contributed by atoms with Crippen molar-refractivity contribution in [3.8, 4) is 0 Å². The predicted molar refractivity (Wildman–Crippen MR) is 77.7 cm³/mol. The Hall–Kier alpha value is 0.270. The van der Waals surface area contributed by atoms with Crippen LogP contribution in [-0.4, -0.2) is 48.6 Å². The quantitative estimate of drug-likeness (QED) is 0.835. The molecule has 2 rings (SSSR count). The molecular weight excluding hydrogens is 228 g/mol. The van der Waals surface area contributed by atoms with Crippen LogP contribution in [0.15, 0.2) is 0 Å². The molecule has 1 saturated heterocycles. The van der Waals surface area contributed by atoms with Crippen LogP contribution in [0.5, 0.6) is 0 Å². The Morgan fingerprint density at radius 3 is 2.82 bits per heavy atom. The summed E-state index contributed by atoms with van der Waals surface area (Å²) in [6.07, 6.45) is 2.78. The SMILES string of the molecule is CNC1C(CN2CCSC(C)C2)CCC1(C)C. The molecule has 0 aromatic heterocycles. The van der Waals surface area contributed by atoms with Crippen LogP contribution in [0.1, 0.15) is 33.6 Å². The summed E-state index contributed by atoms with van der Waals surface area (Å²) in [6, 6.07) is 0.701. The molecule has 17 heavy (non-hydrogen) atoms. The maximum atomic E-state index is 3.57. The van der Waals surface area contributed by atoms with Gasteiger partial charge in [0.2, 0.25) is 0 Å². The molecule has 100 valence electrons. The first-order valence-electron chi connectivity index (χ1n) is 7.04. The van der Waals surface area contributed by atoms with Crippen LogP contribution >= 0.6 is 11.8 Å². The third-order valence-electron chi connectivity index (χ3n) is 4.60. The fourth-order valence-electron chi connectivity index (χ4n) is 3.73. The summed E-state index contributed by atoms with van der Waals surface area (Å²) in [5.41, 5.74) is 0.482. The molecule has 3 unspecified atom stereocenters. The standard InChI is InChI=1S/C14H28N2S/c1-11-9-16(7-8-17-11)10-12-5-6-14(2,3)13(12)15-4/h11-13,15H,5-10H2,1-4H3. The zero-order valence-corrected chi connectivity index (χ0v) is 12.6. The summed E-state index contributed by atoms with van der Waals surface area (Å²) in [5, 5.41) is 4.40. The van der Waals surface area contributed by atoms with E-state index in [0.717, 1.165) is 11.2 Å². The lowest BCUT2D eigenvalue weighted by molar-refractivity contribution is 0.193. The van der Waals surface area contributed by atoms with E-state index in [9.17, 15) is 0 Å². The Morgan fingerprint density at radius 1 is 1.41 bits per heavy atom. The topological polar surface area (TPSA) is 15.3 Å². The van der Waals surface area contributed by atoms with E-state index in [0.29, 0.717) is 11.5 Å². The molecule has 1 N–H and O–H groups in total. The summed E-state index contributed by atoms with van der Waals surface area (Å²) in [6.45, 7) is 11.1. The second-order valence-corrected chi connectivity index (χ2v) is 8.04. The molecule has 2 aliphatic rings. The van der Waals surface area contributed by atoms with E-state index >= 15 is 0 Å². The van der Waals surface area contributed by atoms with Gasteiger partial charge in [0, 0.05) is 36.7 Å². The van der Waals surface area contributed by atoms with Crippen molar-refractivity contribution in [3.05, 3.63) is 0 Å². The first kappa shape index (κ1) is 13.7. The van der Waals surface area contributed by atoms with Crippen LogP contribution in [0, 0.1) is 11.3 Å². The van der Waals surface area contributed by atoms with Crippen LogP contribution in [0.2, 0.25) is 0 Å². The Bertz CT molecular complexity index is 255. The molecule has 1 saturated carbocycles. The number of hydrogen-bond acceptors (Lipinski definition) is 3. The maximum Gasteiger partial charge on any atom is 0.0156 e. The minimum Gasteiger partial charge on any atom is -0.316 e. The fourth-order valence-corrected chi connectivity index (χ4v) is 4.81. The fraction of sp³-hybridized carbons (Fsp3) is 1.00. The average Bonchev–Trinajstić information content (AvgIpc) is 2.53. The third-order valence-corrected chi connectivity index (χ3v) is 5.74. The van der Waals surface area contributed by atoms with Gasteiger partial charge in [0.15, 0.2) is 0 Å². The van der Waals surface area contributed by atoms with E-state index in [2.05, 4.69) is 49.8 Å².